The van der Waals surface area contributed by atoms with Crippen LogP contribution in [0.15, 0.2) is 30.3 Å². The average molecular weight is 322 g/mol. The van der Waals surface area contributed by atoms with Crippen LogP contribution in [0.2, 0.25) is 0 Å². The molecule has 0 aliphatic carbocycles. The lowest BCUT2D eigenvalue weighted by Crippen LogP contribution is -2.30. The number of rotatable bonds is 13. The second-order valence-electron chi connectivity index (χ2n) is 6.38. The van der Waals surface area contributed by atoms with Gasteiger partial charge in [-0.05, 0) is 38.3 Å². The lowest BCUT2D eigenvalue weighted by Gasteiger charge is -2.22. The van der Waals surface area contributed by atoms with Crippen LogP contribution in [-0.2, 0) is 9.47 Å². The van der Waals surface area contributed by atoms with Crippen LogP contribution in [0.3, 0.4) is 0 Å². The molecular formula is C20H34O3. The van der Waals surface area contributed by atoms with Crippen LogP contribution in [0, 0.1) is 5.92 Å². The van der Waals surface area contributed by atoms with Crippen LogP contribution >= 0.6 is 0 Å². The van der Waals surface area contributed by atoms with E-state index >= 15 is 0 Å². The van der Waals surface area contributed by atoms with E-state index < -0.39 is 0 Å². The first kappa shape index (κ1) is 20.0. The highest BCUT2D eigenvalue weighted by atomic mass is 16.6. The van der Waals surface area contributed by atoms with E-state index in [4.69, 9.17) is 14.2 Å². The minimum absolute atomic E-state index is 0.0288. The molecule has 0 N–H and O–H groups in total. The summed E-state index contributed by atoms with van der Waals surface area (Å²) in [4.78, 5) is 0. The molecule has 2 unspecified atom stereocenters. The van der Waals surface area contributed by atoms with Gasteiger partial charge in [-0.2, -0.15) is 0 Å². The van der Waals surface area contributed by atoms with Gasteiger partial charge in [0.25, 0.3) is 0 Å². The minimum atomic E-state index is -0.0288. The van der Waals surface area contributed by atoms with E-state index in [1.807, 2.05) is 44.2 Å². The van der Waals surface area contributed by atoms with Gasteiger partial charge < -0.3 is 14.2 Å². The fraction of sp³-hybridized carbons (Fsp3) is 0.700. The summed E-state index contributed by atoms with van der Waals surface area (Å²) in [5, 5.41) is 0. The van der Waals surface area contributed by atoms with E-state index in [1.165, 1.54) is 25.7 Å². The molecule has 0 fully saturated rings. The molecule has 3 heteroatoms. The van der Waals surface area contributed by atoms with Crippen molar-refractivity contribution in [2.24, 2.45) is 5.92 Å². The van der Waals surface area contributed by atoms with E-state index in [1.54, 1.807) is 0 Å². The van der Waals surface area contributed by atoms with Gasteiger partial charge in [-0.1, -0.05) is 51.3 Å². The van der Waals surface area contributed by atoms with Gasteiger partial charge in [0.05, 0.1) is 12.7 Å². The Kier molecular flexibility index (Phi) is 10.8. The van der Waals surface area contributed by atoms with Gasteiger partial charge in [-0.3, -0.25) is 0 Å². The molecule has 1 rings (SSSR count). The molecular weight excluding hydrogens is 288 g/mol. The summed E-state index contributed by atoms with van der Waals surface area (Å²) < 4.78 is 17.7. The van der Waals surface area contributed by atoms with Crippen molar-refractivity contribution in [3.63, 3.8) is 0 Å². The summed E-state index contributed by atoms with van der Waals surface area (Å²) in [7, 11) is 0. The first-order valence-electron chi connectivity index (χ1n) is 9.06. The van der Waals surface area contributed by atoms with Crippen molar-refractivity contribution < 1.29 is 14.2 Å². The second kappa shape index (κ2) is 12.4. The summed E-state index contributed by atoms with van der Waals surface area (Å²) in [6.07, 6.45) is 5.11. The zero-order valence-corrected chi connectivity index (χ0v) is 15.3. The maximum absolute atomic E-state index is 5.93. The van der Waals surface area contributed by atoms with Crippen LogP contribution in [-0.4, -0.2) is 32.0 Å². The van der Waals surface area contributed by atoms with Crippen molar-refractivity contribution in [2.75, 3.05) is 19.8 Å². The van der Waals surface area contributed by atoms with Gasteiger partial charge >= 0.3 is 0 Å². The maximum Gasteiger partial charge on any atom is 0.119 e. The van der Waals surface area contributed by atoms with Crippen LogP contribution in [0.5, 0.6) is 5.75 Å². The third-order valence-corrected chi connectivity index (χ3v) is 3.84. The highest BCUT2D eigenvalue weighted by molar-refractivity contribution is 5.20. The molecule has 23 heavy (non-hydrogen) atoms. The number of hydrogen-bond acceptors (Lipinski definition) is 3. The Morgan fingerprint density at radius 1 is 0.957 bits per heavy atom. The summed E-state index contributed by atoms with van der Waals surface area (Å²) in [5.41, 5.74) is 0. The lowest BCUT2D eigenvalue weighted by molar-refractivity contribution is -0.0677. The Bertz CT molecular complexity index is 378. The van der Waals surface area contributed by atoms with Crippen molar-refractivity contribution in [1.29, 1.82) is 0 Å². The Balaban J connectivity index is 2.35. The summed E-state index contributed by atoms with van der Waals surface area (Å²) in [6.45, 7) is 10.5. The van der Waals surface area contributed by atoms with E-state index in [2.05, 4.69) is 13.8 Å². The Hall–Kier alpha value is -1.06. The fourth-order valence-electron chi connectivity index (χ4n) is 2.48. The van der Waals surface area contributed by atoms with Crippen LogP contribution < -0.4 is 4.74 Å². The molecule has 0 bridgehead atoms. The van der Waals surface area contributed by atoms with Crippen molar-refractivity contribution in [2.45, 2.75) is 65.6 Å². The zero-order chi connectivity index (χ0) is 16.9. The molecule has 1 aromatic rings. The molecule has 0 spiro atoms. The Morgan fingerprint density at radius 3 is 2.30 bits per heavy atom. The molecule has 1 aromatic carbocycles. The number of benzene rings is 1. The zero-order valence-electron chi connectivity index (χ0n) is 15.3. The second-order valence-corrected chi connectivity index (χ2v) is 6.38. The van der Waals surface area contributed by atoms with E-state index in [-0.39, 0.29) is 12.2 Å². The molecule has 0 amide bonds. The standard InChI is InChI=1S/C20H34O3/c1-5-7-11-18(6-2)14-21-15-20(23-17(3)4)16-22-19-12-9-8-10-13-19/h8-10,12-13,17-18,20H,5-7,11,14-16H2,1-4H3. The SMILES string of the molecule is CCCCC(CC)COCC(COc1ccccc1)OC(C)C. The summed E-state index contributed by atoms with van der Waals surface area (Å²) >= 11 is 0. The van der Waals surface area contributed by atoms with Gasteiger partial charge in [0, 0.05) is 6.61 Å². The predicted molar refractivity (Wildman–Crippen MR) is 96.1 cm³/mol. The fourth-order valence-corrected chi connectivity index (χ4v) is 2.48. The molecule has 2 atom stereocenters. The lowest BCUT2D eigenvalue weighted by atomic mass is 10.0. The predicted octanol–water partition coefficient (Wildman–Crippen LogP) is 5.09. The third kappa shape index (κ3) is 9.62. The normalized spacial score (nSPS) is 14.0. The molecule has 0 saturated heterocycles. The molecule has 132 valence electrons. The summed E-state index contributed by atoms with van der Waals surface area (Å²) in [6, 6.07) is 9.86. The van der Waals surface area contributed by atoms with Crippen molar-refractivity contribution in [1.82, 2.24) is 0 Å². The Labute approximate surface area is 142 Å². The van der Waals surface area contributed by atoms with Crippen molar-refractivity contribution in [3.05, 3.63) is 30.3 Å². The molecule has 0 aliphatic rings. The first-order chi connectivity index (χ1) is 11.2. The van der Waals surface area contributed by atoms with Crippen LogP contribution in [0.4, 0.5) is 0 Å². The van der Waals surface area contributed by atoms with Gasteiger partial charge in [-0.25, -0.2) is 0 Å². The smallest absolute Gasteiger partial charge is 0.119 e. The van der Waals surface area contributed by atoms with E-state index in [9.17, 15) is 0 Å². The quantitative estimate of drug-likeness (QED) is 0.506. The highest BCUT2D eigenvalue weighted by Crippen LogP contribution is 2.14. The maximum atomic E-state index is 5.93. The first-order valence-corrected chi connectivity index (χ1v) is 9.06. The van der Waals surface area contributed by atoms with Crippen LogP contribution in [0.25, 0.3) is 0 Å². The third-order valence-electron chi connectivity index (χ3n) is 3.84. The largest absolute Gasteiger partial charge is 0.491 e. The summed E-state index contributed by atoms with van der Waals surface area (Å²) in [5.74, 6) is 1.53. The van der Waals surface area contributed by atoms with Crippen LogP contribution in [0.1, 0.15) is 53.4 Å². The average Bonchev–Trinajstić information content (AvgIpc) is 2.56. The molecule has 0 aromatic heterocycles. The van der Waals surface area contributed by atoms with Gasteiger partial charge in [0.1, 0.15) is 18.5 Å². The Morgan fingerprint density at radius 2 is 1.70 bits per heavy atom. The number of hydrogen-bond donors (Lipinski definition) is 0. The van der Waals surface area contributed by atoms with Gasteiger partial charge in [-0.15, -0.1) is 0 Å². The topological polar surface area (TPSA) is 27.7 Å². The molecule has 0 aliphatic heterocycles. The number of para-hydroxylation sites is 1. The minimum Gasteiger partial charge on any atom is -0.491 e. The van der Waals surface area contributed by atoms with E-state index in [0.29, 0.717) is 19.1 Å². The molecule has 0 heterocycles. The highest BCUT2D eigenvalue weighted by Gasteiger charge is 2.14. The number of ether oxygens (including phenoxy) is 3. The van der Waals surface area contributed by atoms with E-state index in [0.717, 1.165) is 12.4 Å². The van der Waals surface area contributed by atoms with Crippen molar-refractivity contribution >= 4 is 0 Å². The van der Waals surface area contributed by atoms with Gasteiger partial charge in [0.2, 0.25) is 0 Å². The molecule has 0 radical (unpaired) electrons. The molecule has 3 nitrogen and oxygen atoms in total. The van der Waals surface area contributed by atoms with Crippen molar-refractivity contribution in [3.8, 4) is 5.75 Å². The number of unbranched alkanes of at least 4 members (excludes halogenated alkanes) is 1. The van der Waals surface area contributed by atoms with Gasteiger partial charge in [0.15, 0.2) is 0 Å². The molecule has 0 saturated carbocycles. The monoisotopic (exact) mass is 322 g/mol.